The van der Waals surface area contributed by atoms with Crippen molar-refractivity contribution in [2.24, 2.45) is 0 Å². The van der Waals surface area contributed by atoms with Gasteiger partial charge >= 0.3 is 0 Å². The normalized spacial score (nSPS) is 14.3. The number of amides is 2. The number of hydrogen-bond donors (Lipinski definition) is 1. The van der Waals surface area contributed by atoms with Crippen LogP contribution in [0.2, 0.25) is 0 Å². The first-order valence-corrected chi connectivity index (χ1v) is 7.89. The average molecular weight is 335 g/mol. The molecule has 0 aliphatic carbocycles. The van der Waals surface area contributed by atoms with Crippen LogP contribution in [-0.4, -0.2) is 41.5 Å². The van der Waals surface area contributed by atoms with E-state index < -0.39 is 0 Å². The molecule has 0 saturated carbocycles. The first kappa shape index (κ1) is 16.5. The lowest BCUT2D eigenvalue weighted by atomic mass is 10.1. The van der Waals surface area contributed by atoms with E-state index in [1.165, 1.54) is 11.0 Å². The third-order valence-corrected chi connectivity index (χ3v) is 4.20. The number of phenolic OH excluding ortho intramolecular Hbond substituents is 1. The van der Waals surface area contributed by atoms with Crippen LogP contribution < -0.4 is 4.90 Å². The zero-order valence-corrected chi connectivity index (χ0v) is 13.8. The molecule has 2 aromatic rings. The monoisotopic (exact) mass is 335 g/mol. The molecule has 6 nitrogen and oxygen atoms in total. The van der Waals surface area contributed by atoms with Crippen molar-refractivity contribution in [3.8, 4) is 11.8 Å². The van der Waals surface area contributed by atoms with Crippen LogP contribution in [0.5, 0.6) is 5.75 Å². The molecule has 0 atom stereocenters. The molecule has 0 unspecified atom stereocenters. The van der Waals surface area contributed by atoms with Gasteiger partial charge in [0.2, 0.25) is 5.91 Å². The average Bonchev–Trinajstić information content (AvgIpc) is 2.63. The van der Waals surface area contributed by atoms with E-state index in [4.69, 9.17) is 5.26 Å². The molecule has 1 N–H and O–H groups in total. The van der Waals surface area contributed by atoms with Crippen molar-refractivity contribution in [3.05, 3.63) is 59.2 Å². The minimum absolute atomic E-state index is 0.0494. The summed E-state index contributed by atoms with van der Waals surface area (Å²) in [4.78, 5) is 28.1. The van der Waals surface area contributed by atoms with Crippen molar-refractivity contribution in [2.45, 2.75) is 6.92 Å². The van der Waals surface area contributed by atoms with Crippen LogP contribution in [0.4, 0.5) is 5.69 Å². The Hall–Kier alpha value is -3.33. The Morgan fingerprint density at radius 1 is 1.16 bits per heavy atom. The van der Waals surface area contributed by atoms with Gasteiger partial charge in [-0.25, -0.2) is 0 Å². The highest BCUT2D eigenvalue weighted by Crippen LogP contribution is 2.23. The Bertz CT molecular complexity index is 868. The smallest absolute Gasteiger partial charge is 0.258 e. The molecule has 0 spiro atoms. The molecule has 0 bridgehead atoms. The van der Waals surface area contributed by atoms with Gasteiger partial charge in [-0.15, -0.1) is 0 Å². The van der Waals surface area contributed by atoms with Crippen LogP contribution >= 0.6 is 0 Å². The van der Waals surface area contributed by atoms with Crippen molar-refractivity contribution in [2.75, 3.05) is 24.5 Å². The van der Waals surface area contributed by atoms with Crippen LogP contribution in [0.3, 0.4) is 0 Å². The van der Waals surface area contributed by atoms with E-state index in [0.29, 0.717) is 24.3 Å². The molecule has 3 rings (SSSR count). The molecule has 0 radical (unpaired) electrons. The van der Waals surface area contributed by atoms with Gasteiger partial charge in [-0.2, -0.15) is 5.26 Å². The summed E-state index contributed by atoms with van der Waals surface area (Å²) in [6.07, 6.45) is 0. The lowest BCUT2D eigenvalue weighted by Crippen LogP contribution is -2.52. The second-order valence-corrected chi connectivity index (χ2v) is 5.95. The van der Waals surface area contributed by atoms with Crippen LogP contribution in [0.15, 0.2) is 42.5 Å². The third-order valence-electron chi connectivity index (χ3n) is 4.20. The Labute approximate surface area is 145 Å². The molecule has 1 saturated heterocycles. The van der Waals surface area contributed by atoms with Crippen LogP contribution in [-0.2, 0) is 4.79 Å². The number of rotatable bonds is 2. The van der Waals surface area contributed by atoms with E-state index in [9.17, 15) is 14.7 Å². The summed E-state index contributed by atoms with van der Waals surface area (Å²) >= 11 is 0. The van der Waals surface area contributed by atoms with E-state index in [2.05, 4.69) is 0 Å². The van der Waals surface area contributed by atoms with Gasteiger partial charge in [0.1, 0.15) is 12.3 Å². The van der Waals surface area contributed by atoms with Crippen molar-refractivity contribution in [3.63, 3.8) is 0 Å². The maximum Gasteiger partial charge on any atom is 0.258 e. The second-order valence-electron chi connectivity index (χ2n) is 5.95. The Morgan fingerprint density at radius 2 is 1.88 bits per heavy atom. The number of benzene rings is 2. The molecule has 6 heteroatoms. The molecule has 25 heavy (non-hydrogen) atoms. The van der Waals surface area contributed by atoms with E-state index in [0.717, 1.165) is 5.56 Å². The summed E-state index contributed by atoms with van der Waals surface area (Å²) in [5, 5.41) is 18.8. The summed E-state index contributed by atoms with van der Waals surface area (Å²) in [6, 6.07) is 13.6. The highest BCUT2D eigenvalue weighted by atomic mass is 16.3. The van der Waals surface area contributed by atoms with Gasteiger partial charge in [0, 0.05) is 18.8 Å². The molecule has 2 aromatic carbocycles. The maximum absolute atomic E-state index is 12.6. The Morgan fingerprint density at radius 3 is 2.52 bits per heavy atom. The summed E-state index contributed by atoms with van der Waals surface area (Å²) in [6.45, 7) is 2.53. The number of nitrogens with zero attached hydrogens (tertiary/aromatic N) is 3. The molecule has 2 amide bonds. The molecule has 1 aliphatic heterocycles. The molecule has 1 fully saturated rings. The predicted octanol–water partition coefficient (Wildman–Crippen LogP) is 2.06. The molecule has 0 aromatic heterocycles. The van der Waals surface area contributed by atoms with Crippen molar-refractivity contribution in [1.82, 2.24) is 4.90 Å². The number of piperazine rings is 1. The summed E-state index contributed by atoms with van der Waals surface area (Å²) in [7, 11) is 0. The van der Waals surface area contributed by atoms with E-state index in [1.54, 1.807) is 41.3 Å². The van der Waals surface area contributed by atoms with Crippen LogP contribution in [0.1, 0.15) is 21.5 Å². The molecule has 126 valence electrons. The number of anilines is 1. The lowest BCUT2D eigenvalue weighted by Gasteiger charge is -2.34. The molecule has 1 heterocycles. The first-order valence-electron chi connectivity index (χ1n) is 7.89. The highest BCUT2D eigenvalue weighted by Gasteiger charge is 2.29. The van der Waals surface area contributed by atoms with Crippen molar-refractivity contribution >= 4 is 17.5 Å². The fourth-order valence-electron chi connectivity index (χ4n) is 2.83. The number of phenols is 1. The molecular weight excluding hydrogens is 318 g/mol. The topological polar surface area (TPSA) is 84.6 Å². The van der Waals surface area contributed by atoms with E-state index >= 15 is 0 Å². The molecule has 1 aliphatic rings. The van der Waals surface area contributed by atoms with Gasteiger partial charge in [-0.1, -0.05) is 11.6 Å². The minimum atomic E-state index is -0.353. The largest absolute Gasteiger partial charge is 0.507 e. The molecular formula is C19H17N3O3. The predicted molar refractivity (Wildman–Crippen MR) is 92.3 cm³/mol. The number of aryl methyl sites for hydroxylation is 1. The summed E-state index contributed by atoms with van der Waals surface area (Å²) < 4.78 is 0. The lowest BCUT2D eigenvalue weighted by molar-refractivity contribution is -0.120. The summed E-state index contributed by atoms with van der Waals surface area (Å²) in [5.41, 5.74) is 2.30. The van der Waals surface area contributed by atoms with E-state index in [1.807, 2.05) is 13.0 Å². The fourth-order valence-corrected chi connectivity index (χ4v) is 2.83. The zero-order chi connectivity index (χ0) is 18.0. The second kappa shape index (κ2) is 6.65. The highest BCUT2D eigenvalue weighted by molar-refractivity contribution is 6.02. The van der Waals surface area contributed by atoms with E-state index in [-0.39, 0.29) is 29.7 Å². The van der Waals surface area contributed by atoms with Gasteiger partial charge in [0.05, 0.1) is 17.2 Å². The van der Waals surface area contributed by atoms with Gasteiger partial charge in [-0.05, 0) is 43.3 Å². The van der Waals surface area contributed by atoms with Gasteiger partial charge in [0.15, 0.2) is 0 Å². The number of hydrogen-bond acceptors (Lipinski definition) is 4. The van der Waals surface area contributed by atoms with Crippen molar-refractivity contribution in [1.29, 1.82) is 5.26 Å². The van der Waals surface area contributed by atoms with Gasteiger partial charge in [0.25, 0.3) is 5.91 Å². The SMILES string of the molecule is Cc1ccc(O)c(C(=O)N2CCN(c3ccc(C#N)cc3)C(=O)C2)c1. The first-order chi connectivity index (χ1) is 12.0. The Balaban J connectivity index is 1.75. The van der Waals surface area contributed by atoms with Gasteiger partial charge in [-0.3, -0.25) is 9.59 Å². The standard InChI is InChI=1S/C19H17N3O3/c1-13-2-7-17(23)16(10-13)19(25)21-8-9-22(18(24)12-21)15-5-3-14(11-20)4-6-15/h2-7,10,23H,8-9,12H2,1H3. The maximum atomic E-state index is 12.6. The van der Waals surface area contributed by atoms with Crippen molar-refractivity contribution < 1.29 is 14.7 Å². The summed E-state index contributed by atoms with van der Waals surface area (Å²) in [5.74, 6) is -0.636. The Kier molecular flexibility index (Phi) is 4.40. The van der Waals surface area contributed by atoms with Gasteiger partial charge < -0.3 is 14.9 Å². The fraction of sp³-hybridized carbons (Fsp3) is 0.211. The number of nitriles is 1. The van der Waals surface area contributed by atoms with Crippen LogP contribution in [0.25, 0.3) is 0 Å². The van der Waals surface area contributed by atoms with Crippen LogP contribution in [0, 0.1) is 18.3 Å². The zero-order valence-electron chi connectivity index (χ0n) is 13.8. The number of aromatic hydroxyl groups is 1. The number of carbonyl (C=O) groups excluding carboxylic acids is 2. The third kappa shape index (κ3) is 3.31. The number of carbonyl (C=O) groups is 2. The quantitative estimate of drug-likeness (QED) is 0.910. The minimum Gasteiger partial charge on any atom is -0.507 e.